The van der Waals surface area contributed by atoms with Crippen molar-refractivity contribution in [3.8, 4) is 0 Å². The second-order valence-electron chi connectivity index (χ2n) is 8.24. The van der Waals surface area contributed by atoms with Crippen LogP contribution in [0.2, 0.25) is 0 Å². The monoisotopic (exact) mass is 298 g/mol. The van der Waals surface area contributed by atoms with Crippen LogP contribution in [0.1, 0.15) is 92.9 Å². The van der Waals surface area contributed by atoms with Crippen LogP contribution in [0.15, 0.2) is 0 Å². The summed E-state index contributed by atoms with van der Waals surface area (Å²) in [5.41, 5.74) is 0.287. The number of carbonyl (C=O) groups excluding carboxylic acids is 1. The van der Waals surface area contributed by atoms with Crippen LogP contribution in [-0.4, -0.2) is 12.6 Å². The molecule has 0 aromatic rings. The predicted molar refractivity (Wildman–Crippen MR) is 91.4 cm³/mol. The molecular weight excluding hydrogens is 260 g/mol. The molecule has 1 atom stereocenters. The molecule has 1 unspecified atom stereocenters. The van der Waals surface area contributed by atoms with Crippen LogP contribution >= 0.6 is 0 Å². The van der Waals surface area contributed by atoms with Gasteiger partial charge in [0.25, 0.3) is 0 Å². The Balaban J connectivity index is 3.46. The molecule has 0 saturated heterocycles. The number of esters is 1. The highest BCUT2D eigenvalue weighted by molar-refractivity contribution is 5.69. The molecule has 0 spiro atoms. The van der Waals surface area contributed by atoms with Crippen molar-refractivity contribution < 1.29 is 9.53 Å². The third-order valence-electron chi connectivity index (χ3n) is 3.66. The van der Waals surface area contributed by atoms with Gasteiger partial charge in [-0.3, -0.25) is 4.79 Å². The maximum atomic E-state index is 11.7. The molecule has 0 radical (unpaired) electrons. The Labute approximate surface area is 133 Å². The van der Waals surface area contributed by atoms with Gasteiger partial charge >= 0.3 is 5.97 Å². The van der Waals surface area contributed by atoms with Crippen molar-refractivity contribution in [1.29, 1.82) is 0 Å². The summed E-state index contributed by atoms with van der Waals surface area (Å²) in [6.45, 7) is 13.9. The standard InChI is InChI=1S/C19H38O2/c1-16(2)12-10-8-7-9-11-13-21-18(20)14-17(3)15-19(4,5)6/h16-17H,7-15H2,1-6H3. The minimum absolute atomic E-state index is 0.0217. The van der Waals surface area contributed by atoms with Gasteiger partial charge in [0.15, 0.2) is 0 Å². The molecule has 0 aliphatic heterocycles. The molecular formula is C19H38O2. The van der Waals surface area contributed by atoms with Gasteiger partial charge in [-0.25, -0.2) is 0 Å². The van der Waals surface area contributed by atoms with Crippen LogP contribution in [0.3, 0.4) is 0 Å². The fourth-order valence-electron chi connectivity index (χ4n) is 2.83. The fourth-order valence-corrected chi connectivity index (χ4v) is 2.83. The third-order valence-corrected chi connectivity index (χ3v) is 3.66. The molecule has 0 saturated carbocycles. The Morgan fingerprint density at radius 3 is 2.10 bits per heavy atom. The van der Waals surface area contributed by atoms with E-state index in [1.165, 1.54) is 32.1 Å². The smallest absolute Gasteiger partial charge is 0.306 e. The van der Waals surface area contributed by atoms with Crippen molar-refractivity contribution in [3.05, 3.63) is 0 Å². The van der Waals surface area contributed by atoms with Gasteiger partial charge in [-0.15, -0.1) is 0 Å². The van der Waals surface area contributed by atoms with Crippen LogP contribution in [0.5, 0.6) is 0 Å². The Bertz CT molecular complexity index is 263. The first kappa shape index (κ1) is 20.5. The first-order valence-electron chi connectivity index (χ1n) is 8.86. The normalized spacial score (nSPS) is 13.5. The van der Waals surface area contributed by atoms with Crippen LogP contribution in [-0.2, 0) is 9.53 Å². The summed E-state index contributed by atoms with van der Waals surface area (Å²) in [7, 11) is 0. The minimum Gasteiger partial charge on any atom is -0.466 e. The molecule has 2 nitrogen and oxygen atoms in total. The first-order chi connectivity index (χ1) is 9.70. The maximum Gasteiger partial charge on any atom is 0.306 e. The molecule has 0 rings (SSSR count). The number of rotatable bonds is 11. The molecule has 0 aliphatic carbocycles. The van der Waals surface area contributed by atoms with Gasteiger partial charge in [-0.05, 0) is 30.1 Å². The van der Waals surface area contributed by atoms with Gasteiger partial charge in [0.1, 0.15) is 0 Å². The predicted octanol–water partition coefficient (Wildman–Crippen LogP) is 5.99. The summed E-state index contributed by atoms with van der Waals surface area (Å²) in [4.78, 5) is 11.7. The van der Waals surface area contributed by atoms with Gasteiger partial charge in [0.2, 0.25) is 0 Å². The van der Waals surface area contributed by atoms with E-state index in [9.17, 15) is 4.79 Å². The van der Waals surface area contributed by atoms with Crippen LogP contribution < -0.4 is 0 Å². The zero-order valence-electron chi connectivity index (χ0n) is 15.3. The first-order valence-corrected chi connectivity index (χ1v) is 8.86. The van der Waals surface area contributed by atoms with E-state index in [2.05, 4.69) is 41.5 Å². The SMILES string of the molecule is CC(C)CCCCCCCOC(=O)CC(C)CC(C)(C)C. The van der Waals surface area contributed by atoms with Gasteiger partial charge in [-0.1, -0.05) is 73.6 Å². The zero-order chi connectivity index (χ0) is 16.3. The molecule has 0 aromatic heterocycles. The summed E-state index contributed by atoms with van der Waals surface area (Å²) in [6, 6.07) is 0. The van der Waals surface area contributed by atoms with E-state index in [0.717, 1.165) is 18.8 Å². The number of unbranched alkanes of at least 4 members (excludes halogenated alkanes) is 4. The molecule has 0 heterocycles. The lowest BCUT2D eigenvalue weighted by Gasteiger charge is -2.22. The second kappa shape index (κ2) is 11.1. The lowest BCUT2D eigenvalue weighted by Crippen LogP contribution is -2.16. The largest absolute Gasteiger partial charge is 0.466 e. The van der Waals surface area contributed by atoms with Gasteiger partial charge < -0.3 is 4.74 Å². The van der Waals surface area contributed by atoms with Crippen molar-refractivity contribution in [1.82, 2.24) is 0 Å². The van der Waals surface area contributed by atoms with E-state index in [0.29, 0.717) is 18.9 Å². The topological polar surface area (TPSA) is 26.3 Å². The average Bonchev–Trinajstić information content (AvgIpc) is 2.29. The summed E-state index contributed by atoms with van der Waals surface area (Å²) in [6.07, 6.45) is 9.08. The molecule has 0 amide bonds. The van der Waals surface area contributed by atoms with Crippen molar-refractivity contribution in [2.45, 2.75) is 92.9 Å². The van der Waals surface area contributed by atoms with E-state index in [4.69, 9.17) is 4.74 Å². The van der Waals surface area contributed by atoms with Crippen molar-refractivity contribution >= 4 is 5.97 Å². The van der Waals surface area contributed by atoms with Crippen LogP contribution in [0.4, 0.5) is 0 Å². The molecule has 0 bridgehead atoms. The Morgan fingerprint density at radius 2 is 1.52 bits per heavy atom. The second-order valence-corrected chi connectivity index (χ2v) is 8.24. The molecule has 21 heavy (non-hydrogen) atoms. The van der Waals surface area contributed by atoms with Crippen molar-refractivity contribution in [3.63, 3.8) is 0 Å². The highest BCUT2D eigenvalue weighted by Gasteiger charge is 2.18. The molecule has 0 fully saturated rings. The molecule has 0 aromatic carbocycles. The van der Waals surface area contributed by atoms with Gasteiger partial charge in [-0.2, -0.15) is 0 Å². The van der Waals surface area contributed by atoms with E-state index < -0.39 is 0 Å². The molecule has 0 N–H and O–H groups in total. The van der Waals surface area contributed by atoms with Gasteiger partial charge in [0, 0.05) is 6.42 Å². The average molecular weight is 299 g/mol. The Kier molecular flexibility index (Phi) is 10.8. The molecule has 0 aliphatic rings. The highest BCUT2D eigenvalue weighted by atomic mass is 16.5. The van der Waals surface area contributed by atoms with Crippen LogP contribution in [0.25, 0.3) is 0 Å². The summed E-state index contributed by atoms with van der Waals surface area (Å²) in [5.74, 6) is 1.21. The Morgan fingerprint density at radius 1 is 0.952 bits per heavy atom. The quantitative estimate of drug-likeness (QED) is 0.346. The molecule has 126 valence electrons. The number of hydrogen-bond donors (Lipinski definition) is 0. The zero-order valence-corrected chi connectivity index (χ0v) is 15.3. The van der Waals surface area contributed by atoms with Gasteiger partial charge in [0.05, 0.1) is 6.61 Å². The van der Waals surface area contributed by atoms with E-state index >= 15 is 0 Å². The fraction of sp³-hybridized carbons (Fsp3) is 0.947. The number of carbonyl (C=O) groups is 1. The van der Waals surface area contributed by atoms with Crippen molar-refractivity contribution in [2.75, 3.05) is 6.61 Å². The van der Waals surface area contributed by atoms with E-state index in [1.54, 1.807) is 0 Å². The number of ether oxygens (including phenoxy) is 1. The van der Waals surface area contributed by atoms with E-state index in [1.807, 2.05) is 0 Å². The maximum absolute atomic E-state index is 11.7. The minimum atomic E-state index is -0.0217. The lowest BCUT2D eigenvalue weighted by molar-refractivity contribution is -0.144. The molecule has 2 heteroatoms. The highest BCUT2D eigenvalue weighted by Crippen LogP contribution is 2.26. The summed E-state index contributed by atoms with van der Waals surface area (Å²) >= 11 is 0. The lowest BCUT2D eigenvalue weighted by atomic mass is 9.84. The van der Waals surface area contributed by atoms with Crippen LogP contribution in [0, 0.1) is 17.3 Å². The Hall–Kier alpha value is -0.530. The van der Waals surface area contributed by atoms with Crippen molar-refractivity contribution in [2.24, 2.45) is 17.3 Å². The number of hydrogen-bond acceptors (Lipinski definition) is 2. The summed E-state index contributed by atoms with van der Waals surface area (Å²) in [5, 5.41) is 0. The van der Waals surface area contributed by atoms with E-state index in [-0.39, 0.29) is 11.4 Å². The summed E-state index contributed by atoms with van der Waals surface area (Å²) < 4.78 is 5.33. The third kappa shape index (κ3) is 15.7.